The van der Waals surface area contributed by atoms with Gasteiger partial charge in [-0.2, -0.15) is 0 Å². The maximum absolute atomic E-state index is 11.8. The number of hydrogen-bond donors (Lipinski definition) is 0. The fourth-order valence-corrected chi connectivity index (χ4v) is 3.80. The smallest absolute Gasteiger partial charge is 0.232 e. The third kappa shape index (κ3) is 0.940. The molecule has 0 aromatic heterocycles. The Kier molecular flexibility index (Phi) is 1.62. The number of fused-ring (bicyclic) bond motifs is 1. The molecule has 2 aliphatic heterocycles. The predicted octanol–water partition coefficient (Wildman–Crippen LogP) is 2.09. The molecule has 0 N–H and O–H groups in total. The minimum absolute atomic E-state index is 0.132. The van der Waals surface area contributed by atoms with Gasteiger partial charge >= 0.3 is 0 Å². The van der Waals surface area contributed by atoms with Crippen molar-refractivity contribution in [1.29, 1.82) is 0 Å². The monoisotopic (exact) mass is 199 g/mol. The molecule has 2 aliphatic rings. The number of β-lactam (4-membered cyclic amide) rings is 1. The zero-order valence-electron chi connectivity index (χ0n) is 8.92. The first-order chi connectivity index (χ1) is 5.78. The lowest BCUT2D eigenvalue weighted by atomic mass is 9.80. The van der Waals surface area contributed by atoms with E-state index in [1.807, 2.05) is 16.7 Å². The SMILES string of the molecule is C[C@@H]1N2C(=O)C(C)(C)C2SC1(C)C. The summed E-state index contributed by atoms with van der Waals surface area (Å²) in [7, 11) is 0. The lowest BCUT2D eigenvalue weighted by Gasteiger charge is -2.49. The van der Waals surface area contributed by atoms with Gasteiger partial charge in [-0.1, -0.05) is 0 Å². The van der Waals surface area contributed by atoms with Gasteiger partial charge in [-0.25, -0.2) is 0 Å². The average Bonchev–Trinajstić information content (AvgIpc) is 2.23. The van der Waals surface area contributed by atoms with Crippen LogP contribution in [-0.2, 0) is 4.79 Å². The summed E-state index contributed by atoms with van der Waals surface area (Å²) < 4.78 is 0.216. The second kappa shape index (κ2) is 2.25. The summed E-state index contributed by atoms with van der Waals surface area (Å²) in [6.45, 7) is 10.7. The van der Waals surface area contributed by atoms with Gasteiger partial charge in [0.15, 0.2) is 0 Å². The molecule has 0 saturated carbocycles. The number of hydrogen-bond acceptors (Lipinski definition) is 2. The molecule has 1 unspecified atom stereocenters. The van der Waals surface area contributed by atoms with Crippen LogP contribution in [0.15, 0.2) is 0 Å². The highest BCUT2D eigenvalue weighted by atomic mass is 32.2. The van der Waals surface area contributed by atoms with Crippen molar-refractivity contribution in [3.8, 4) is 0 Å². The van der Waals surface area contributed by atoms with E-state index in [1.54, 1.807) is 0 Å². The molecule has 2 fully saturated rings. The highest BCUT2D eigenvalue weighted by molar-refractivity contribution is 8.01. The van der Waals surface area contributed by atoms with Gasteiger partial charge in [0.1, 0.15) is 0 Å². The quantitative estimate of drug-likeness (QED) is 0.557. The van der Waals surface area contributed by atoms with E-state index in [9.17, 15) is 4.79 Å². The summed E-state index contributed by atoms with van der Waals surface area (Å²) >= 11 is 1.94. The van der Waals surface area contributed by atoms with E-state index in [1.165, 1.54) is 0 Å². The van der Waals surface area contributed by atoms with Crippen molar-refractivity contribution in [1.82, 2.24) is 4.90 Å². The van der Waals surface area contributed by atoms with Crippen LogP contribution < -0.4 is 0 Å². The van der Waals surface area contributed by atoms with Crippen LogP contribution >= 0.6 is 11.8 Å². The summed E-state index contributed by atoms with van der Waals surface area (Å²) in [4.78, 5) is 13.8. The second-order valence-corrected chi connectivity index (χ2v) is 6.92. The Hall–Kier alpha value is -0.180. The average molecular weight is 199 g/mol. The highest BCUT2D eigenvalue weighted by Crippen LogP contribution is 2.57. The van der Waals surface area contributed by atoms with Gasteiger partial charge in [0.2, 0.25) is 5.91 Å². The number of rotatable bonds is 0. The van der Waals surface area contributed by atoms with Gasteiger partial charge in [0.25, 0.3) is 0 Å². The third-order valence-electron chi connectivity index (χ3n) is 3.49. The maximum Gasteiger partial charge on any atom is 0.232 e. The zero-order chi connectivity index (χ0) is 10.0. The van der Waals surface area contributed by atoms with Crippen LogP contribution in [0, 0.1) is 5.41 Å². The van der Waals surface area contributed by atoms with Crippen LogP contribution in [0.2, 0.25) is 0 Å². The number of carbonyl (C=O) groups is 1. The molecule has 74 valence electrons. The normalized spacial score (nSPS) is 40.1. The molecule has 2 atom stereocenters. The van der Waals surface area contributed by atoms with E-state index in [4.69, 9.17) is 0 Å². The molecule has 0 radical (unpaired) electrons. The van der Waals surface area contributed by atoms with E-state index < -0.39 is 0 Å². The summed E-state index contributed by atoms with van der Waals surface area (Å²) in [5.74, 6) is 0.322. The molecule has 0 spiro atoms. The number of nitrogens with zero attached hydrogens (tertiary/aromatic N) is 1. The Balaban J connectivity index is 2.30. The Bertz CT molecular complexity index is 272. The van der Waals surface area contributed by atoms with Crippen molar-refractivity contribution in [3.63, 3.8) is 0 Å². The molecule has 3 heteroatoms. The molecule has 2 rings (SSSR count). The second-order valence-electron chi connectivity index (χ2n) is 5.18. The highest BCUT2D eigenvalue weighted by Gasteiger charge is 2.63. The Morgan fingerprint density at radius 3 is 2.31 bits per heavy atom. The minimum Gasteiger partial charge on any atom is -0.325 e. The van der Waals surface area contributed by atoms with Crippen LogP contribution in [0.4, 0.5) is 0 Å². The first kappa shape index (κ1) is 9.38. The molecule has 2 saturated heterocycles. The molecule has 0 aromatic rings. The number of amides is 1. The number of carbonyl (C=O) groups excluding carboxylic acids is 1. The first-order valence-corrected chi connectivity index (χ1v) is 5.67. The molecule has 13 heavy (non-hydrogen) atoms. The van der Waals surface area contributed by atoms with Gasteiger partial charge in [-0.05, 0) is 34.6 Å². The van der Waals surface area contributed by atoms with Gasteiger partial charge < -0.3 is 4.90 Å². The van der Waals surface area contributed by atoms with Gasteiger partial charge in [-0.15, -0.1) is 11.8 Å². The van der Waals surface area contributed by atoms with Crippen LogP contribution in [0.3, 0.4) is 0 Å². The first-order valence-electron chi connectivity index (χ1n) is 4.79. The minimum atomic E-state index is -0.132. The topological polar surface area (TPSA) is 20.3 Å². The standard InChI is InChI=1S/C10H17NOS/c1-6-10(4,5)13-8-9(2,3)7(12)11(6)8/h6,8H,1-5H3/t6-,8?/m0/s1. The molecule has 1 amide bonds. The Morgan fingerprint density at radius 1 is 1.31 bits per heavy atom. The predicted molar refractivity (Wildman–Crippen MR) is 55.5 cm³/mol. The molecule has 0 bridgehead atoms. The third-order valence-corrected chi connectivity index (χ3v) is 5.48. The largest absolute Gasteiger partial charge is 0.325 e. The molecule has 0 aromatic carbocycles. The molecular formula is C10H17NOS. The van der Waals surface area contributed by atoms with E-state index in [2.05, 4.69) is 34.6 Å². The van der Waals surface area contributed by atoms with Crippen LogP contribution in [-0.4, -0.2) is 27.0 Å². The van der Waals surface area contributed by atoms with Gasteiger partial charge in [-0.3, -0.25) is 4.79 Å². The van der Waals surface area contributed by atoms with Crippen molar-refractivity contribution in [3.05, 3.63) is 0 Å². The summed E-state index contributed by atoms with van der Waals surface area (Å²) in [5.41, 5.74) is -0.132. The van der Waals surface area contributed by atoms with Crippen molar-refractivity contribution >= 4 is 17.7 Å². The van der Waals surface area contributed by atoms with Crippen LogP contribution in [0.5, 0.6) is 0 Å². The fraction of sp³-hybridized carbons (Fsp3) is 0.900. The van der Waals surface area contributed by atoms with E-state index >= 15 is 0 Å². The van der Waals surface area contributed by atoms with Crippen molar-refractivity contribution in [2.75, 3.05) is 0 Å². The Labute approximate surface area is 84.1 Å². The van der Waals surface area contributed by atoms with Crippen molar-refractivity contribution in [2.24, 2.45) is 5.41 Å². The van der Waals surface area contributed by atoms with Crippen molar-refractivity contribution in [2.45, 2.75) is 50.8 Å². The zero-order valence-corrected chi connectivity index (χ0v) is 9.73. The maximum atomic E-state index is 11.8. The van der Waals surface area contributed by atoms with Crippen molar-refractivity contribution < 1.29 is 4.79 Å². The van der Waals surface area contributed by atoms with E-state index in [0.29, 0.717) is 17.3 Å². The molecule has 2 heterocycles. The molecule has 0 aliphatic carbocycles. The summed E-state index contributed by atoms with van der Waals surface area (Å²) in [6, 6.07) is 0.378. The molecule has 2 nitrogen and oxygen atoms in total. The van der Waals surface area contributed by atoms with Crippen LogP contribution in [0.25, 0.3) is 0 Å². The van der Waals surface area contributed by atoms with Gasteiger partial charge in [0.05, 0.1) is 10.8 Å². The van der Waals surface area contributed by atoms with E-state index in [-0.39, 0.29) is 10.2 Å². The summed E-state index contributed by atoms with van der Waals surface area (Å²) in [5, 5.41) is 0.407. The lowest BCUT2D eigenvalue weighted by molar-refractivity contribution is -0.162. The lowest BCUT2D eigenvalue weighted by Crippen LogP contribution is -2.64. The van der Waals surface area contributed by atoms with E-state index in [0.717, 1.165) is 0 Å². The summed E-state index contributed by atoms with van der Waals surface area (Å²) in [6.07, 6.45) is 0. The molecular weight excluding hydrogens is 182 g/mol. The number of thioether (sulfide) groups is 1. The van der Waals surface area contributed by atoms with Gasteiger partial charge in [0, 0.05) is 10.8 Å². The Morgan fingerprint density at radius 2 is 1.85 bits per heavy atom. The fourth-order valence-electron chi connectivity index (χ4n) is 2.13. The van der Waals surface area contributed by atoms with Crippen LogP contribution in [0.1, 0.15) is 34.6 Å².